The standard InChI is InChI=1S/C12H19FN2O.ClH/c1-16-9-5-6-11(13)10(8-9)12(15)4-2-3-7-14;/h5-6,8,12H,2-4,7,14-15H2,1H3;1H/t12-;/m1./s1. The van der Waals surface area contributed by atoms with E-state index in [0.717, 1.165) is 19.3 Å². The van der Waals surface area contributed by atoms with Crippen molar-refractivity contribution in [2.24, 2.45) is 11.5 Å². The van der Waals surface area contributed by atoms with Crippen molar-refractivity contribution in [1.82, 2.24) is 0 Å². The molecule has 0 unspecified atom stereocenters. The number of methoxy groups -OCH3 is 1. The summed E-state index contributed by atoms with van der Waals surface area (Å²) in [6.07, 6.45) is 2.56. The smallest absolute Gasteiger partial charge is 0.128 e. The van der Waals surface area contributed by atoms with Gasteiger partial charge in [-0.05, 0) is 37.6 Å². The highest BCUT2D eigenvalue weighted by atomic mass is 35.5. The lowest BCUT2D eigenvalue weighted by atomic mass is 10.0. The van der Waals surface area contributed by atoms with Crippen molar-refractivity contribution in [1.29, 1.82) is 0 Å². The molecule has 0 fully saturated rings. The predicted molar refractivity (Wildman–Crippen MR) is 70.0 cm³/mol. The van der Waals surface area contributed by atoms with Crippen LogP contribution in [0.2, 0.25) is 0 Å². The molecule has 0 saturated carbocycles. The van der Waals surface area contributed by atoms with Crippen LogP contribution < -0.4 is 16.2 Å². The summed E-state index contributed by atoms with van der Waals surface area (Å²) in [5, 5.41) is 0. The second kappa shape index (κ2) is 8.28. The minimum absolute atomic E-state index is 0. The van der Waals surface area contributed by atoms with Crippen molar-refractivity contribution >= 4 is 12.4 Å². The Morgan fingerprint density at radius 3 is 2.65 bits per heavy atom. The summed E-state index contributed by atoms with van der Waals surface area (Å²) in [6, 6.07) is 4.34. The molecule has 0 aromatic heterocycles. The van der Waals surface area contributed by atoms with Crippen LogP contribution in [0, 0.1) is 5.82 Å². The Kier molecular flexibility index (Phi) is 7.87. The Balaban J connectivity index is 0.00000256. The largest absolute Gasteiger partial charge is 0.497 e. The first-order valence-electron chi connectivity index (χ1n) is 5.48. The molecular weight excluding hydrogens is 243 g/mol. The van der Waals surface area contributed by atoms with Crippen LogP contribution in [-0.4, -0.2) is 13.7 Å². The second-order valence-corrected chi connectivity index (χ2v) is 3.78. The first kappa shape index (κ1) is 16.2. The summed E-state index contributed by atoms with van der Waals surface area (Å²) >= 11 is 0. The molecule has 0 aliphatic heterocycles. The van der Waals surface area contributed by atoms with E-state index in [1.807, 2.05) is 0 Å². The number of hydrogen-bond acceptors (Lipinski definition) is 3. The van der Waals surface area contributed by atoms with Gasteiger partial charge < -0.3 is 16.2 Å². The SMILES string of the molecule is COc1ccc(F)c([C@H](N)CCCCN)c1.Cl. The molecule has 4 N–H and O–H groups in total. The number of ether oxygens (including phenoxy) is 1. The minimum atomic E-state index is -0.290. The number of benzene rings is 1. The molecule has 0 spiro atoms. The summed E-state index contributed by atoms with van der Waals surface area (Å²) in [6.45, 7) is 0.646. The molecule has 17 heavy (non-hydrogen) atoms. The van der Waals surface area contributed by atoms with E-state index < -0.39 is 0 Å². The van der Waals surface area contributed by atoms with Gasteiger partial charge in [0.1, 0.15) is 11.6 Å². The highest BCUT2D eigenvalue weighted by molar-refractivity contribution is 5.85. The Morgan fingerprint density at radius 2 is 2.06 bits per heavy atom. The molecule has 0 aliphatic rings. The maximum absolute atomic E-state index is 13.5. The van der Waals surface area contributed by atoms with Crippen LogP contribution in [0.4, 0.5) is 4.39 Å². The molecule has 1 aromatic rings. The van der Waals surface area contributed by atoms with Gasteiger partial charge >= 0.3 is 0 Å². The lowest BCUT2D eigenvalue weighted by Gasteiger charge is -2.13. The van der Waals surface area contributed by atoms with Gasteiger partial charge in [-0.2, -0.15) is 0 Å². The van der Waals surface area contributed by atoms with Gasteiger partial charge in [0, 0.05) is 11.6 Å². The van der Waals surface area contributed by atoms with E-state index in [1.54, 1.807) is 19.2 Å². The normalized spacial score (nSPS) is 11.8. The average Bonchev–Trinajstić information content (AvgIpc) is 2.30. The Hall–Kier alpha value is -0.840. The van der Waals surface area contributed by atoms with Gasteiger partial charge in [0.15, 0.2) is 0 Å². The highest BCUT2D eigenvalue weighted by Crippen LogP contribution is 2.24. The van der Waals surface area contributed by atoms with Crippen molar-refractivity contribution in [3.05, 3.63) is 29.6 Å². The van der Waals surface area contributed by atoms with Crippen LogP contribution in [0.5, 0.6) is 5.75 Å². The third kappa shape index (κ3) is 4.89. The van der Waals surface area contributed by atoms with Gasteiger partial charge in [0.05, 0.1) is 7.11 Å². The third-order valence-electron chi connectivity index (χ3n) is 2.57. The van der Waals surface area contributed by atoms with Crippen molar-refractivity contribution < 1.29 is 9.13 Å². The Labute approximate surface area is 108 Å². The van der Waals surface area contributed by atoms with Crippen LogP contribution >= 0.6 is 12.4 Å². The summed E-state index contributed by atoms with van der Waals surface area (Å²) in [5.74, 6) is 0.353. The Bertz CT molecular complexity index is 336. The quantitative estimate of drug-likeness (QED) is 0.774. The van der Waals surface area contributed by atoms with Crippen molar-refractivity contribution in [3.63, 3.8) is 0 Å². The molecule has 0 radical (unpaired) electrons. The molecule has 98 valence electrons. The zero-order valence-corrected chi connectivity index (χ0v) is 10.8. The fourth-order valence-electron chi connectivity index (χ4n) is 1.60. The van der Waals surface area contributed by atoms with Crippen LogP contribution in [0.3, 0.4) is 0 Å². The summed E-state index contributed by atoms with van der Waals surface area (Å²) < 4.78 is 18.5. The van der Waals surface area contributed by atoms with Crippen LogP contribution in [0.15, 0.2) is 18.2 Å². The molecule has 1 aromatic carbocycles. The van der Waals surface area contributed by atoms with Gasteiger partial charge in [-0.25, -0.2) is 4.39 Å². The molecule has 5 heteroatoms. The van der Waals surface area contributed by atoms with Crippen molar-refractivity contribution in [3.8, 4) is 5.75 Å². The number of nitrogens with two attached hydrogens (primary N) is 2. The fourth-order valence-corrected chi connectivity index (χ4v) is 1.60. The highest BCUT2D eigenvalue weighted by Gasteiger charge is 2.12. The predicted octanol–water partition coefficient (Wildman–Crippen LogP) is 2.38. The molecule has 0 bridgehead atoms. The van der Waals surface area contributed by atoms with Crippen molar-refractivity contribution in [2.45, 2.75) is 25.3 Å². The fraction of sp³-hybridized carbons (Fsp3) is 0.500. The monoisotopic (exact) mass is 262 g/mol. The van der Waals surface area contributed by atoms with E-state index >= 15 is 0 Å². The van der Waals surface area contributed by atoms with Gasteiger partial charge in [-0.15, -0.1) is 12.4 Å². The molecule has 1 atom stereocenters. The zero-order valence-electron chi connectivity index (χ0n) is 9.99. The van der Waals surface area contributed by atoms with E-state index in [4.69, 9.17) is 16.2 Å². The van der Waals surface area contributed by atoms with Gasteiger partial charge in [-0.1, -0.05) is 6.42 Å². The van der Waals surface area contributed by atoms with E-state index in [0.29, 0.717) is 17.9 Å². The van der Waals surface area contributed by atoms with E-state index in [9.17, 15) is 4.39 Å². The maximum Gasteiger partial charge on any atom is 0.128 e. The molecule has 0 aliphatic carbocycles. The zero-order chi connectivity index (χ0) is 12.0. The first-order chi connectivity index (χ1) is 7.69. The molecular formula is C12H20ClFN2O. The third-order valence-corrected chi connectivity index (χ3v) is 2.57. The summed E-state index contributed by atoms with van der Waals surface area (Å²) in [7, 11) is 1.55. The first-order valence-corrected chi connectivity index (χ1v) is 5.48. The van der Waals surface area contributed by atoms with E-state index in [2.05, 4.69) is 0 Å². The molecule has 3 nitrogen and oxygen atoms in total. The number of halogens is 2. The van der Waals surface area contributed by atoms with Gasteiger partial charge in [0.25, 0.3) is 0 Å². The average molecular weight is 263 g/mol. The summed E-state index contributed by atoms with van der Waals surface area (Å²) in [4.78, 5) is 0. The number of rotatable bonds is 6. The molecule has 1 rings (SSSR count). The second-order valence-electron chi connectivity index (χ2n) is 3.78. The minimum Gasteiger partial charge on any atom is -0.497 e. The lowest BCUT2D eigenvalue weighted by Crippen LogP contribution is -2.13. The summed E-state index contributed by atoms with van der Waals surface area (Å²) in [5.41, 5.74) is 11.8. The number of unbranched alkanes of at least 4 members (excludes halogenated alkanes) is 1. The van der Waals surface area contributed by atoms with Crippen LogP contribution in [-0.2, 0) is 0 Å². The molecule has 0 saturated heterocycles. The topological polar surface area (TPSA) is 61.3 Å². The van der Waals surface area contributed by atoms with Gasteiger partial charge in [-0.3, -0.25) is 0 Å². The number of hydrogen-bond donors (Lipinski definition) is 2. The van der Waals surface area contributed by atoms with Crippen LogP contribution in [0.1, 0.15) is 30.9 Å². The Morgan fingerprint density at radius 1 is 1.35 bits per heavy atom. The van der Waals surface area contributed by atoms with Gasteiger partial charge in [0.2, 0.25) is 0 Å². The lowest BCUT2D eigenvalue weighted by molar-refractivity contribution is 0.411. The molecule has 0 heterocycles. The maximum atomic E-state index is 13.5. The van der Waals surface area contributed by atoms with Crippen molar-refractivity contribution in [2.75, 3.05) is 13.7 Å². The van der Waals surface area contributed by atoms with E-state index in [1.165, 1.54) is 6.07 Å². The van der Waals surface area contributed by atoms with E-state index in [-0.39, 0.29) is 24.3 Å². The van der Waals surface area contributed by atoms with Crippen LogP contribution in [0.25, 0.3) is 0 Å². The molecule has 0 amide bonds.